The predicted molar refractivity (Wildman–Crippen MR) is 79.0 cm³/mol. The lowest BCUT2D eigenvalue weighted by Gasteiger charge is -2.24. The number of hydrogen-bond acceptors (Lipinski definition) is 6. The highest BCUT2D eigenvalue weighted by Crippen LogP contribution is 2.34. The van der Waals surface area contributed by atoms with Gasteiger partial charge < -0.3 is 14.2 Å². The molecule has 0 spiro atoms. The zero-order chi connectivity index (χ0) is 16.3. The molecule has 1 saturated heterocycles. The Morgan fingerprint density at radius 2 is 2.00 bits per heavy atom. The van der Waals surface area contributed by atoms with Gasteiger partial charge in [-0.05, 0) is 38.1 Å². The molecule has 0 aromatic heterocycles. The number of esters is 3. The second-order valence-corrected chi connectivity index (χ2v) is 5.95. The Bertz CT molecular complexity index is 597. The van der Waals surface area contributed by atoms with Crippen molar-refractivity contribution in [3.63, 3.8) is 0 Å². The third kappa shape index (κ3) is 3.14. The minimum absolute atomic E-state index is 0.163. The Balaban J connectivity index is 2.18. The van der Waals surface area contributed by atoms with Gasteiger partial charge in [0.05, 0.1) is 12.2 Å². The Kier molecular flexibility index (Phi) is 4.85. The van der Waals surface area contributed by atoms with Crippen LogP contribution in [0.25, 0.3) is 0 Å². The Labute approximate surface area is 135 Å². The smallest absolute Gasteiger partial charge is 0.348 e. The van der Waals surface area contributed by atoms with E-state index in [-0.39, 0.29) is 18.8 Å². The molecular weight excluding hydrogens is 356 g/mol. The summed E-state index contributed by atoms with van der Waals surface area (Å²) in [7, 11) is 0. The topological polar surface area (TPSA) is 78.9 Å². The largest absolute Gasteiger partial charge is 0.465 e. The van der Waals surface area contributed by atoms with E-state index in [2.05, 4.69) is 15.9 Å². The Morgan fingerprint density at radius 3 is 2.59 bits per heavy atom. The van der Waals surface area contributed by atoms with E-state index in [1.54, 1.807) is 31.2 Å². The molecule has 118 valence electrons. The molecular formula is C15H15BrO6. The lowest BCUT2D eigenvalue weighted by Crippen LogP contribution is -2.44. The second-order valence-electron chi connectivity index (χ2n) is 5.04. The van der Waals surface area contributed by atoms with Crippen molar-refractivity contribution < 1.29 is 28.6 Å². The van der Waals surface area contributed by atoms with Crippen molar-refractivity contribution >= 4 is 33.8 Å². The zero-order valence-electron chi connectivity index (χ0n) is 12.1. The Hall–Kier alpha value is -1.89. The van der Waals surface area contributed by atoms with Gasteiger partial charge in [0.15, 0.2) is 0 Å². The van der Waals surface area contributed by atoms with Gasteiger partial charge in [-0.1, -0.05) is 15.9 Å². The third-order valence-electron chi connectivity index (χ3n) is 3.35. The molecule has 1 heterocycles. The molecule has 22 heavy (non-hydrogen) atoms. The normalized spacial score (nSPS) is 23.8. The van der Waals surface area contributed by atoms with Crippen LogP contribution in [0.4, 0.5) is 0 Å². The van der Waals surface area contributed by atoms with Crippen LogP contribution in [0.5, 0.6) is 0 Å². The van der Waals surface area contributed by atoms with E-state index >= 15 is 0 Å². The van der Waals surface area contributed by atoms with Crippen molar-refractivity contribution in [3.05, 3.63) is 34.3 Å². The summed E-state index contributed by atoms with van der Waals surface area (Å²) in [5.41, 5.74) is -1.06. The first-order chi connectivity index (χ1) is 10.4. The van der Waals surface area contributed by atoms with Gasteiger partial charge in [0.1, 0.15) is 12.0 Å². The maximum atomic E-state index is 12.1. The highest BCUT2D eigenvalue weighted by atomic mass is 79.9. The number of hydrogen-bond donors (Lipinski definition) is 0. The summed E-state index contributed by atoms with van der Waals surface area (Å²) >= 11 is 3.26. The summed E-state index contributed by atoms with van der Waals surface area (Å²) in [6, 6.07) is 6.45. The van der Waals surface area contributed by atoms with Crippen LogP contribution in [0.3, 0.4) is 0 Å². The summed E-state index contributed by atoms with van der Waals surface area (Å²) in [5.74, 6) is -2.08. The highest BCUT2D eigenvalue weighted by molar-refractivity contribution is 9.10. The molecule has 2 atom stereocenters. The van der Waals surface area contributed by atoms with Crippen molar-refractivity contribution in [3.8, 4) is 0 Å². The van der Waals surface area contributed by atoms with E-state index in [4.69, 9.17) is 14.2 Å². The molecule has 0 aliphatic carbocycles. The molecule has 0 amide bonds. The van der Waals surface area contributed by atoms with Crippen molar-refractivity contribution in [1.82, 2.24) is 0 Å². The monoisotopic (exact) mass is 370 g/mol. The van der Waals surface area contributed by atoms with E-state index in [1.807, 2.05) is 0 Å². The second kappa shape index (κ2) is 6.48. The number of ether oxygens (including phenoxy) is 3. The standard InChI is InChI=1S/C15H15BrO6/c1-3-20-14(19)15(2)8-21-13(18)11(15)22-12(17)9-4-6-10(16)7-5-9/h4-7,11H,3,8H2,1-2H3/t11-,15-/m0/s1. The summed E-state index contributed by atoms with van der Waals surface area (Å²) in [6.45, 7) is 3.12. The van der Waals surface area contributed by atoms with Gasteiger partial charge in [0.2, 0.25) is 6.10 Å². The molecule has 1 aromatic carbocycles. The Morgan fingerprint density at radius 1 is 1.36 bits per heavy atom. The zero-order valence-corrected chi connectivity index (χ0v) is 13.7. The number of halogens is 1. The van der Waals surface area contributed by atoms with Gasteiger partial charge >= 0.3 is 17.9 Å². The summed E-state index contributed by atoms with van der Waals surface area (Å²) in [4.78, 5) is 36.0. The summed E-state index contributed by atoms with van der Waals surface area (Å²) in [5, 5.41) is 0. The number of carbonyl (C=O) groups excluding carboxylic acids is 3. The number of carbonyl (C=O) groups is 3. The molecule has 0 bridgehead atoms. The van der Waals surface area contributed by atoms with Crippen molar-refractivity contribution in [2.45, 2.75) is 20.0 Å². The molecule has 0 radical (unpaired) electrons. The van der Waals surface area contributed by atoms with Crippen LogP contribution in [-0.4, -0.2) is 37.2 Å². The maximum absolute atomic E-state index is 12.1. The first kappa shape index (κ1) is 16.5. The first-order valence-electron chi connectivity index (χ1n) is 6.69. The molecule has 7 heteroatoms. The molecule has 0 saturated carbocycles. The molecule has 0 N–H and O–H groups in total. The molecule has 1 fully saturated rings. The van der Waals surface area contributed by atoms with Gasteiger partial charge in [-0.25, -0.2) is 9.59 Å². The molecule has 6 nitrogen and oxygen atoms in total. The fourth-order valence-corrected chi connectivity index (χ4v) is 2.30. The maximum Gasteiger partial charge on any atom is 0.348 e. The quantitative estimate of drug-likeness (QED) is 0.596. The fraction of sp³-hybridized carbons (Fsp3) is 0.400. The summed E-state index contributed by atoms with van der Waals surface area (Å²) in [6.07, 6.45) is -1.32. The van der Waals surface area contributed by atoms with Crippen molar-refractivity contribution in [2.24, 2.45) is 5.41 Å². The van der Waals surface area contributed by atoms with Crippen LogP contribution in [-0.2, 0) is 23.8 Å². The van der Waals surface area contributed by atoms with E-state index in [1.165, 1.54) is 6.92 Å². The van der Waals surface area contributed by atoms with Crippen LogP contribution < -0.4 is 0 Å². The van der Waals surface area contributed by atoms with E-state index < -0.39 is 29.4 Å². The molecule has 1 aliphatic rings. The van der Waals surface area contributed by atoms with Crippen LogP contribution in [0, 0.1) is 5.41 Å². The van der Waals surface area contributed by atoms with Crippen molar-refractivity contribution in [1.29, 1.82) is 0 Å². The van der Waals surface area contributed by atoms with Gasteiger partial charge in [0, 0.05) is 4.47 Å². The van der Waals surface area contributed by atoms with Gasteiger partial charge in [-0.2, -0.15) is 0 Å². The number of benzene rings is 1. The van der Waals surface area contributed by atoms with E-state index in [0.717, 1.165) is 4.47 Å². The average molecular weight is 371 g/mol. The van der Waals surface area contributed by atoms with Crippen LogP contribution in [0.2, 0.25) is 0 Å². The van der Waals surface area contributed by atoms with Gasteiger partial charge in [-0.3, -0.25) is 4.79 Å². The van der Waals surface area contributed by atoms with Crippen LogP contribution >= 0.6 is 15.9 Å². The number of cyclic esters (lactones) is 1. The average Bonchev–Trinajstić information content (AvgIpc) is 2.78. The van der Waals surface area contributed by atoms with Crippen LogP contribution in [0.15, 0.2) is 28.7 Å². The molecule has 2 rings (SSSR count). The first-order valence-corrected chi connectivity index (χ1v) is 7.48. The van der Waals surface area contributed by atoms with Gasteiger partial charge in [0.25, 0.3) is 0 Å². The molecule has 0 unspecified atom stereocenters. The van der Waals surface area contributed by atoms with E-state index in [0.29, 0.717) is 0 Å². The lowest BCUT2D eigenvalue weighted by atomic mass is 9.87. The number of rotatable bonds is 4. The molecule has 1 aliphatic heterocycles. The SMILES string of the molecule is CCOC(=O)[C@@]1(C)COC(=O)[C@@H]1OC(=O)c1ccc(Br)cc1. The predicted octanol–water partition coefficient (Wildman–Crippen LogP) is 2.10. The molecule has 1 aromatic rings. The highest BCUT2D eigenvalue weighted by Gasteiger charge is 2.56. The van der Waals surface area contributed by atoms with Gasteiger partial charge in [-0.15, -0.1) is 0 Å². The third-order valence-corrected chi connectivity index (χ3v) is 3.88. The summed E-state index contributed by atoms with van der Waals surface area (Å²) < 4.78 is 15.8. The van der Waals surface area contributed by atoms with Crippen molar-refractivity contribution in [2.75, 3.05) is 13.2 Å². The minimum atomic E-state index is -1.34. The van der Waals surface area contributed by atoms with Crippen LogP contribution in [0.1, 0.15) is 24.2 Å². The fourth-order valence-electron chi connectivity index (χ4n) is 2.03. The minimum Gasteiger partial charge on any atom is -0.465 e. The van der Waals surface area contributed by atoms with E-state index in [9.17, 15) is 14.4 Å². The lowest BCUT2D eigenvalue weighted by molar-refractivity contribution is -0.160.